The van der Waals surface area contributed by atoms with Crippen molar-refractivity contribution in [1.29, 1.82) is 0 Å². The summed E-state index contributed by atoms with van der Waals surface area (Å²) < 4.78 is 0.328. The average Bonchev–Trinajstić information content (AvgIpc) is 2.77. The van der Waals surface area contributed by atoms with Gasteiger partial charge in [0.05, 0.1) is 0 Å². The van der Waals surface area contributed by atoms with Gasteiger partial charge in [0.2, 0.25) is 0 Å². The van der Waals surface area contributed by atoms with Crippen molar-refractivity contribution in [3.63, 3.8) is 0 Å². The van der Waals surface area contributed by atoms with Crippen LogP contribution >= 0.6 is 23.2 Å². The fourth-order valence-electron chi connectivity index (χ4n) is 4.12. The normalized spacial score (nSPS) is 13.0. The fourth-order valence-corrected chi connectivity index (χ4v) is 11.7. The van der Waals surface area contributed by atoms with Crippen LogP contribution in [0.1, 0.15) is 5.56 Å². The Bertz CT molecular complexity index is 889. The van der Waals surface area contributed by atoms with Crippen LogP contribution in [0.5, 0.6) is 0 Å². The van der Waals surface area contributed by atoms with E-state index in [0.29, 0.717) is 4.57 Å². The fraction of sp³-hybridized carbons (Fsp3) is 0.0769. The topological polar surface area (TPSA) is 0 Å². The van der Waals surface area contributed by atoms with Crippen LogP contribution in [0, 0.1) is 0 Å². The van der Waals surface area contributed by atoms with Gasteiger partial charge in [0.25, 0.3) is 0 Å². The molecular formula is C26H24BrP. The standard InChI is InChI=1S/C26H24BrP/c27-26(21-22-13-5-1-6-14-22)28(23-15-7-2-8-16-23,24-17-9-3-10-18-24)25-19-11-4-12-20-25/h1-20,26,28H,21H2. The van der Waals surface area contributed by atoms with Gasteiger partial charge in [-0.05, 0) is 0 Å². The summed E-state index contributed by atoms with van der Waals surface area (Å²) in [6.07, 6.45) is 0.992. The van der Waals surface area contributed by atoms with E-state index in [2.05, 4.69) is 137 Å². The summed E-state index contributed by atoms with van der Waals surface area (Å²) in [5, 5.41) is 4.31. The molecule has 0 bridgehead atoms. The van der Waals surface area contributed by atoms with Crippen LogP contribution in [0.25, 0.3) is 0 Å². The molecule has 0 spiro atoms. The van der Waals surface area contributed by atoms with Gasteiger partial charge in [0.15, 0.2) is 0 Å². The maximum atomic E-state index is 4.21. The van der Waals surface area contributed by atoms with Gasteiger partial charge in [0, 0.05) is 0 Å². The van der Waals surface area contributed by atoms with E-state index in [-0.39, 0.29) is 0 Å². The van der Waals surface area contributed by atoms with Gasteiger partial charge in [-0.15, -0.1) is 0 Å². The van der Waals surface area contributed by atoms with Crippen molar-refractivity contribution in [3.05, 3.63) is 127 Å². The van der Waals surface area contributed by atoms with E-state index in [0.717, 1.165) is 6.42 Å². The molecule has 0 aliphatic carbocycles. The van der Waals surface area contributed by atoms with Gasteiger partial charge in [-0.25, -0.2) is 0 Å². The molecule has 4 aromatic carbocycles. The molecule has 4 aromatic rings. The second-order valence-corrected chi connectivity index (χ2v) is 13.1. The van der Waals surface area contributed by atoms with E-state index in [1.165, 1.54) is 21.5 Å². The summed E-state index contributed by atoms with van der Waals surface area (Å²) >= 11 is 4.21. The molecule has 140 valence electrons. The van der Waals surface area contributed by atoms with Crippen LogP contribution in [0.2, 0.25) is 0 Å². The van der Waals surface area contributed by atoms with Gasteiger partial charge in [-0.2, -0.15) is 0 Å². The summed E-state index contributed by atoms with van der Waals surface area (Å²) in [5.74, 6) is 0. The second-order valence-electron chi connectivity index (χ2n) is 7.06. The monoisotopic (exact) mass is 446 g/mol. The van der Waals surface area contributed by atoms with Crippen LogP contribution in [0.15, 0.2) is 121 Å². The Labute approximate surface area is 176 Å². The molecule has 2 heteroatoms. The average molecular weight is 447 g/mol. The van der Waals surface area contributed by atoms with Crippen LogP contribution < -0.4 is 15.9 Å². The molecule has 0 N–H and O–H groups in total. The van der Waals surface area contributed by atoms with E-state index >= 15 is 0 Å². The molecule has 28 heavy (non-hydrogen) atoms. The molecule has 0 heterocycles. The van der Waals surface area contributed by atoms with E-state index in [1.807, 2.05) is 0 Å². The molecule has 0 saturated heterocycles. The molecule has 4 rings (SSSR count). The summed E-state index contributed by atoms with van der Waals surface area (Å²) in [6, 6.07) is 44.0. The number of hydrogen-bond acceptors (Lipinski definition) is 0. The van der Waals surface area contributed by atoms with Crippen molar-refractivity contribution in [2.45, 2.75) is 11.0 Å². The first-order chi connectivity index (χ1) is 13.8. The molecule has 1 unspecified atom stereocenters. The van der Waals surface area contributed by atoms with E-state index in [1.54, 1.807) is 0 Å². The predicted molar refractivity (Wildman–Crippen MR) is 129 cm³/mol. The van der Waals surface area contributed by atoms with Crippen LogP contribution in [0.3, 0.4) is 0 Å². The molecule has 0 radical (unpaired) electrons. The third-order valence-corrected chi connectivity index (χ3v) is 12.7. The van der Waals surface area contributed by atoms with Crippen molar-refractivity contribution in [3.8, 4) is 0 Å². The number of benzene rings is 4. The Morgan fingerprint density at radius 3 is 1.18 bits per heavy atom. The van der Waals surface area contributed by atoms with Crippen molar-refractivity contribution in [2.75, 3.05) is 0 Å². The molecule has 1 atom stereocenters. The second kappa shape index (κ2) is 8.86. The van der Waals surface area contributed by atoms with Crippen molar-refractivity contribution in [2.24, 2.45) is 0 Å². The van der Waals surface area contributed by atoms with E-state index in [4.69, 9.17) is 0 Å². The van der Waals surface area contributed by atoms with Crippen molar-refractivity contribution >= 4 is 39.1 Å². The third-order valence-electron chi connectivity index (χ3n) is 5.41. The summed E-state index contributed by atoms with van der Waals surface area (Å²) in [4.78, 5) is 0. The zero-order chi connectivity index (χ0) is 19.2. The van der Waals surface area contributed by atoms with Gasteiger partial charge in [0.1, 0.15) is 0 Å². The molecule has 0 aromatic heterocycles. The molecule has 0 aliphatic rings. The predicted octanol–water partition coefficient (Wildman–Crippen LogP) is 5.68. The molecule has 0 fully saturated rings. The molecule has 0 saturated carbocycles. The Morgan fingerprint density at radius 1 is 0.500 bits per heavy atom. The Morgan fingerprint density at radius 2 is 0.821 bits per heavy atom. The minimum atomic E-state index is -2.29. The summed E-state index contributed by atoms with van der Waals surface area (Å²) in [7, 11) is -2.29. The number of hydrogen-bond donors (Lipinski definition) is 0. The van der Waals surface area contributed by atoms with E-state index < -0.39 is 7.26 Å². The zero-order valence-corrected chi connectivity index (χ0v) is 18.3. The minimum absolute atomic E-state index is 0.328. The third kappa shape index (κ3) is 3.70. The SMILES string of the molecule is BrC(Cc1ccccc1)[PH](c1ccccc1)(c1ccccc1)c1ccccc1. The summed E-state index contributed by atoms with van der Waals surface area (Å²) in [6.45, 7) is 0. The first-order valence-electron chi connectivity index (χ1n) is 9.66. The van der Waals surface area contributed by atoms with Crippen LogP contribution in [-0.2, 0) is 6.42 Å². The summed E-state index contributed by atoms with van der Waals surface area (Å²) in [5.41, 5.74) is 1.36. The van der Waals surface area contributed by atoms with Crippen molar-refractivity contribution in [1.82, 2.24) is 0 Å². The van der Waals surface area contributed by atoms with E-state index in [9.17, 15) is 0 Å². The molecule has 0 aliphatic heterocycles. The van der Waals surface area contributed by atoms with Gasteiger partial charge < -0.3 is 0 Å². The Balaban J connectivity index is 1.95. The number of rotatable bonds is 6. The van der Waals surface area contributed by atoms with Gasteiger partial charge >= 0.3 is 177 Å². The molecular weight excluding hydrogens is 423 g/mol. The Hall–Kier alpha value is -2.21. The molecule has 0 amide bonds. The number of halogens is 1. The quantitative estimate of drug-likeness (QED) is 0.264. The van der Waals surface area contributed by atoms with Gasteiger partial charge in [-0.1, -0.05) is 0 Å². The first-order valence-corrected chi connectivity index (χ1v) is 12.7. The van der Waals surface area contributed by atoms with Crippen LogP contribution in [0.4, 0.5) is 0 Å². The number of alkyl halides is 1. The Kier molecular flexibility index (Phi) is 6.05. The molecule has 0 nitrogen and oxygen atoms in total. The maximum absolute atomic E-state index is 4.21. The van der Waals surface area contributed by atoms with Crippen LogP contribution in [-0.4, -0.2) is 4.57 Å². The van der Waals surface area contributed by atoms with Crippen molar-refractivity contribution < 1.29 is 0 Å². The van der Waals surface area contributed by atoms with Gasteiger partial charge in [-0.3, -0.25) is 0 Å². The first kappa shape index (κ1) is 19.1. The zero-order valence-electron chi connectivity index (χ0n) is 15.7.